The number of benzene rings is 1. The second kappa shape index (κ2) is 9.06. The molecule has 1 aromatic rings. The van der Waals surface area contributed by atoms with Crippen LogP contribution < -0.4 is 10.2 Å². The van der Waals surface area contributed by atoms with E-state index in [1.165, 1.54) is 49.9 Å². The second-order valence-electron chi connectivity index (χ2n) is 6.18. The molecule has 0 unspecified atom stereocenters. The Balaban J connectivity index is 1.90. The minimum atomic E-state index is 0.764. The van der Waals surface area contributed by atoms with E-state index in [9.17, 15) is 0 Å². The van der Waals surface area contributed by atoms with Gasteiger partial charge < -0.3 is 15.0 Å². The molecule has 118 valence electrons. The molecule has 0 heterocycles. The van der Waals surface area contributed by atoms with Gasteiger partial charge in [-0.2, -0.15) is 0 Å². The third-order valence-corrected chi connectivity index (χ3v) is 4.46. The van der Waals surface area contributed by atoms with Crippen molar-refractivity contribution in [3.05, 3.63) is 29.8 Å². The zero-order valence-corrected chi connectivity index (χ0v) is 13.6. The molecular weight excluding hydrogens is 260 g/mol. The summed E-state index contributed by atoms with van der Waals surface area (Å²) in [4.78, 5) is 2.45. The first-order valence-corrected chi connectivity index (χ1v) is 8.30. The van der Waals surface area contributed by atoms with Crippen LogP contribution in [0.5, 0.6) is 0 Å². The average molecular weight is 290 g/mol. The molecule has 1 aliphatic rings. The molecule has 0 amide bonds. The second-order valence-corrected chi connectivity index (χ2v) is 6.18. The van der Waals surface area contributed by atoms with Crippen molar-refractivity contribution in [1.82, 2.24) is 5.32 Å². The predicted molar refractivity (Wildman–Crippen MR) is 89.9 cm³/mol. The topological polar surface area (TPSA) is 24.5 Å². The molecule has 21 heavy (non-hydrogen) atoms. The Morgan fingerprint density at radius 3 is 2.71 bits per heavy atom. The minimum absolute atomic E-state index is 0.764. The number of hydrogen-bond donors (Lipinski definition) is 1. The zero-order chi connectivity index (χ0) is 14.9. The van der Waals surface area contributed by atoms with Gasteiger partial charge in [-0.1, -0.05) is 37.5 Å². The van der Waals surface area contributed by atoms with Gasteiger partial charge in [0.25, 0.3) is 0 Å². The van der Waals surface area contributed by atoms with E-state index in [-0.39, 0.29) is 0 Å². The summed E-state index contributed by atoms with van der Waals surface area (Å²) in [6.07, 6.45) is 7.06. The van der Waals surface area contributed by atoms with Crippen molar-refractivity contribution in [2.45, 2.75) is 38.6 Å². The first-order valence-electron chi connectivity index (χ1n) is 8.30. The molecule has 3 heteroatoms. The highest BCUT2D eigenvalue weighted by Crippen LogP contribution is 2.27. The molecule has 0 aliphatic heterocycles. The van der Waals surface area contributed by atoms with E-state index < -0.39 is 0 Å². The third-order valence-electron chi connectivity index (χ3n) is 4.46. The molecule has 0 spiro atoms. The van der Waals surface area contributed by atoms with Gasteiger partial charge in [0, 0.05) is 39.5 Å². The maximum absolute atomic E-state index is 5.09. The predicted octanol–water partition coefficient (Wildman–Crippen LogP) is 3.44. The summed E-state index contributed by atoms with van der Waals surface area (Å²) < 4.78 is 5.09. The van der Waals surface area contributed by atoms with E-state index in [4.69, 9.17) is 4.74 Å². The minimum Gasteiger partial charge on any atom is -0.383 e. The van der Waals surface area contributed by atoms with Crippen LogP contribution in [0.25, 0.3) is 0 Å². The summed E-state index contributed by atoms with van der Waals surface area (Å²) in [6, 6.07) is 8.75. The Labute approximate surface area is 129 Å². The zero-order valence-electron chi connectivity index (χ0n) is 13.6. The van der Waals surface area contributed by atoms with Crippen LogP contribution in [-0.4, -0.2) is 33.9 Å². The Kier molecular flexibility index (Phi) is 7.04. The molecule has 1 aromatic carbocycles. The summed E-state index contributed by atoms with van der Waals surface area (Å²) in [7, 11) is 3.98. The Morgan fingerprint density at radius 1 is 1.19 bits per heavy atom. The van der Waals surface area contributed by atoms with Crippen LogP contribution in [0.3, 0.4) is 0 Å². The number of anilines is 1. The Morgan fingerprint density at radius 2 is 1.95 bits per heavy atom. The van der Waals surface area contributed by atoms with Crippen LogP contribution >= 0.6 is 0 Å². The summed E-state index contributed by atoms with van der Waals surface area (Å²) >= 11 is 0. The van der Waals surface area contributed by atoms with Crippen molar-refractivity contribution in [1.29, 1.82) is 0 Å². The van der Waals surface area contributed by atoms with Crippen molar-refractivity contribution in [3.63, 3.8) is 0 Å². The standard InChI is InChI=1S/C18H30N2O/c1-20(15-16-8-4-3-5-9-16)18-11-7-6-10-17(18)14-19-12-13-21-2/h6-7,10-11,16,19H,3-5,8-9,12-15H2,1-2H3. The molecule has 1 saturated carbocycles. The van der Waals surface area contributed by atoms with Crippen LogP contribution in [0.1, 0.15) is 37.7 Å². The normalized spacial score (nSPS) is 16.1. The lowest BCUT2D eigenvalue weighted by Gasteiger charge is -2.29. The van der Waals surface area contributed by atoms with E-state index >= 15 is 0 Å². The van der Waals surface area contributed by atoms with E-state index in [1.54, 1.807) is 7.11 Å². The Bertz CT molecular complexity index is 402. The summed E-state index contributed by atoms with van der Waals surface area (Å²) in [5.41, 5.74) is 2.75. The molecular formula is C18H30N2O. The maximum Gasteiger partial charge on any atom is 0.0587 e. The molecule has 3 nitrogen and oxygen atoms in total. The fourth-order valence-corrected chi connectivity index (χ4v) is 3.29. The van der Waals surface area contributed by atoms with Gasteiger partial charge in [-0.05, 0) is 30.4 Å². The monoisotopic (exact) mass is 290 g/mol. The molecule has 0 saturated heterocycles. The molecule has 1 aliphatic carbocycles. The van der Waals surface area contributed by atoms with Crippen LogP contribution in [0, 0.1) is 5.92 Å². The van der Waals surface area contributed by atoms with Crippen LogP contribution in [0.4, 0.5) is 5.69 Å². The molecule has 0 aromatic heterocycles. The highest BCUT2D eigenvalue weighted by molar-refractivity contribution is 5.53. The Hall–Kier alpha value is -1.06. The van der Waals surface area contributed by atoms with Crippen LogP contribution in [-0.2, 0) is 11.3 Å². The van der Waals surface area contributed by atoms with Gasteiger partial charge in [0.1, 0.15) is 0 Å². The van der Waals surface area contributed by atoms with Gasteiger partial charge in [0.15, 0.2) is 0 Å². The summed E-state index contributed by atoms with van der Waals surface area (Å²) in [5.74, 6) is 0.873. The molecule has 1 N–H and O–H groups in total. The smallest absolute Gasteiger partial charge is 0.0587 e. The third kappa shape index (κ3) is 5.33. The number of methoxy groups -OCH3 is 1. The molecule has 1 fully saturated rings. The highest BCUT2D eigenvalue weighted by atomic mass is 16.5. The van der Waals surface area contributed by atoms with Gasteiger partial charge >= 0.3 is 0 Å². The van der Waals surface area contributed by atoms with Gasteiger partial charge in [-0.15, -0.1) is 0 Å². The quantitative estimate of drug-likeness (QED) is 0.742. The SMILES string of the molecule is COCCNCc1ccccc1N(C)CC1CCCCC1. The number of nitrogens with zero attached hydrogens (tertiary/aromatic N) is 1. The first kappa shape index (κ1) is 16.3. The number of para-hydroxylation sites is 1. The van der Waals surface area contributed by atoms with E-state index in [0.29, 0.717) is 0 Å². The number of rotatable bonds is 8. The fraction of sp³-hybridized carbons (Fsp3) is 0.667. The fourth-order valence-electron chi connectivity index (χ4n) is 3.29. The van der Waals surface area contributed by atoms with Crippen molar-refractivity contribution in [2.75, 3.05) is 38.8 Å². The van der Waals surface area contributed by atoms with Crippen molar-refractivity contribution >= 4 is 5.69 Å². The van der Waals surface area contributed by atoms with E-state index in [0.717, 1.165) is 25.6 Å². The number of nitrogens with one attached hydrogen (secondary N) is 1. The molecule has 0 atom stereocenters. The lowest BCUT2D eigenvalue weighted by Crippen LogP contribution is -2.28. The molecule has 0 radical (unpaired) electrons. The largest absolute Gasteiger partial charge is 0.383 e. The number of hydrogen-bond acceptors (Lipinski definition) is 3. The van der Waals surface area contributed by atoms with Crippen LogP contribution in [0.2, 0.25) is 0 Å². The van der Waals surface area contributed by atoms with E-state index in [1.807, 2.05) is 0 Å². The highest BCUT2D eigenvalue weighted by Gasteiger charge is 2.16. The van der Waals surface area contributed by atoms with Crippen molar-refractivity contribution < 1.29 is 4.74 Å². The maximum atomic E-state index is 5.09. The van der Waals surface area contributed by atoms with Gasteiger partial charge in [0.2, 0.25) is 0 Å². The van der Waals surface area contributed by atoms with Gasteiger partial charge in [-0.3, -0.25) is 0 Å². The van der Waals surface area contributed by atoms with E-state index in [2.05, 4.69) is 41.5 Å². The lowest BCUT2D eigenvalue weighted by molar-refractivity contribution is 0.199. The average Bonchev–Trinajstić information content (AvgIpc) is 2.53. The van der Waals surface area contributed by atoms with Crippen molar-refractivity contribution in [3.8, 4) is 0 Å². The van der Waals surface area contributed by atoms with Crippen molar-refractivity contribution in [2.24, 2.45) is 5.92 Å². The first-order chi connectivity index (χ1) is 10.3. The molecule has 2 rings (SSSR count). The van der Waals surface area contributed by atoms with Gasteiger partial charge in [-0.25, -0.2) is 0 Å². The number of ether oxygens (including phenoxy) is 1. The van der Waals surface area contributed by atoms with Gasteiger partial charge in [0.05, 0.1) is 6.61 Å². The summed E-state index contributed by atoms with van der Waals surface area (Å²) in [6.45, 7) is 3.76. The lowest BCUT2D eigenvalue weighted by atomic mass is 9.89. The summed E-state index contributed by atoms with van der Waals surface area (Å²) in [5, 5.41) is 3.45. The van der Waals surface area contributed by atoms with Crippen LogP contribution in [0.15, 0.2) is 24.3 Å². The molecule has 0 bridgehead atoms.